The number of rotatable bonds is 8. The molecule has 0 aliphatic heterocycles. The number of likely N-dealkylation sites (N-methyl/N-ethyl adjacent to an activating group) is 1. The third-order valence-electron chi connectivity index (χ3n) is 4.79. The minimum Gasteiger partial charge on any atom is -0.481 e. The topological polar surface area (TPSA) is 79.4 Å². The van der Waals surface area contributed by atoms with E-state index in [1.54, 1.807) is 25.1 Å². The predicted molar refractivity (Wildman–Crippen MR) is 106 cm³/mol. The fraction of sp³-hybridized carbons (Fsp3) is 0.550. The second-order valence-corrected chi connectivity index (χ2v) is 7.52. The molecule has 1 aliphatic rings. The van der Waals surface area contributed by atoms with Crippen LogP contribution in [0, 0.1) is 0 Å². The Morgan fingerprint density at radius 2 is 1.96 bits per heavy atom. The van der Waals surface area contributed by atoms with E-state index in [9.17, 15) is 4.79 Å². The summed E-state index contributed by atoms with van der Waals surface area (Å²) < 4.78 is 5.13. The molecule has 7 heteroatoms. The first-order valence-corrected chi connectivity index (χ1v) is 9.16. The molecule has 2 N–H and O–H groups in total. The van der Waals surface area contributed by atoms with Crippen molar-refractivity contribution in [1.82, 2.24) is 25.5 Å². The summed E-state index contributed by atoms with van der Waals surface area (Å²) in [5, 5.41) is 6.76. The van der Waals surface area contributed by atoms with E-state index < -0.39 is 0 Å². The highest BCUT2D eigenvalue weighted by molar-refractivity contribution is 5.98. The zero-order chi connectivity index (χ0) is 20.2. The second-order valence-electron chi connectivity index (χ2n) is 7.52. The molecule has 1 aliphatic carbocycles. The van der Waals surface area contributed by atoms with Gasteiger partial charge >= 0.3 is 0 Å². The Balaban J connectivity index is 2.24. The Morgan fingerprint density at radius 1 is 1.30 bits per heavy atom. The highest BCUT2D eigenvalue weighted by atomic mass is 16.5. The molecule has 7 nitrogen and oxygen atoms in total. The van der Waals surface area contributed by atoms with Crippen LogP contribution in [-0.2, 0) is 11.3 Å². The molecule has 0 spiro atoms. The van der Waals surface area contributed by atoms with Crippen molar-refractivity contribution >= 4 is 5.91 Å². The van der Waals surface area contributed by atoms with Gasteiger partial charge in [0.1, 0.15) is 12.1 Å². The van der Waals surface area contributed by atoms with Gasteiger partial charge in [-0.15, -0.1) is 0 Å². The van der Waals surface area contributed by atoms with Gasteiger partial charge in [-0.05, 0) is 40.5 Å². The van der Waals surface area contributed by atoms with Crippen LogP contribution in [0.2, 0.25) is 0 Å². The van der Waals surface area contributed by atoms with Gasteiger partial charge in [-0.2, -0.15) is 0 Å². The summed E-state index contributed by atoms with van der Waals surface area (Å²) in [7, 11) is 5.21. The Morgan fingerprint density at radius 3 is 2.48 bits per heavy atom. The molecule has 1 fully saturated rings. The smallest absolute Gasteiger partial charge is 0.254 e. The molecular weight excluding hydrogens is 342 g/mol. The average molecular weight is 374 g/mol. The number of ether oxygens (including phenoxy) is 1. The van der Waals surface area contributed by atoms with Crippen molar-refractivity contribution in [2.45, 2.75) is 52.6 Å². The standard InChI is InChI=1S/C20H31N5O2/c1-13(2)17(14(3)18(21-5)24-20(4)8-9-20)19(26)25(6)11-15-10-16(27-7)23-12-22-15/h10,12,21,24H,8-9,11H2,1-7H3/b18-14-. The Hall–Kier alpha value is -2.57. The molecule has 148 valence electrons. The van der Waals surface area contributed by atoms with Crippen LogP contribution in [0.15, 0.2) is 34.9 Å². The highest BCUT2D eigenvalue weighted by Crippen LogP contribution is 2.35. The first kappa shape index (κ1) is 20.7. The van der Waals surface area contributed by atoms with E-state index in [4.69, 9.17) is 4.74 Å². The highest BCUT2D eigenvalue weighted by Gasteiger charge is 2.38. The van der Waals surface area contributed by atoms with Crippen LogP contribution in [0.1, 0.15) is 46.2 Å². The van der Waals surface area contributed by atoms with Gasteiger partial charge in [-0.3, -0.25) is 4.79 Å². The minimum atomic E-state index is -0.0411. The van der Waals surface area contributed by atoms with E-state index in [0.717, 1.165) is 35.5 Å². The van der Waals surface area contributed by atoms with Gasteiger partial charge in [0.2, 0.25) is 5.88 Å². The van der Waals surface area contributed by atoms with Crippen molar-refractivity contribution in [1.29, 1.82) is 0 Å². The zero-order valence-corrected chi connectivity index (χ0v) is 17.4. The van der Waals surface area contributed by atoms with Gasteiger partial charge in [0.15, 0.2) is 0 Å². The molecule has 27 heavy (non-hydrogen) atoms. The van der Waals surface area contributed by atoms with Gasteiger partial charge in [0.25, 0.3) is 5.91 Å². The van der Waals surface area contributed by atoms with E-state index in [2.05, 4.69) is 27.5 Å². The molecule has 1 aromatic rings. The number of amides is 1. The molecule has 1 aromatic heterocycles. The molecule has 0 atom stereocenters. The number of hydrogen-bond acceptors (Lipinski definition) is 6. The summed E-state index contributed by atoms with van der Waals surface area (Å²) in [6.07, 6.45) is 3.72. The molecule has 2 rings (SSSR count). The number of nitrogens with zero attached hydrogens (tertiary/aromatic N) is 3. The van der Waals surface area contributed by atoms with Crippen LogP contribution in [0.25, 0.3) is 0 Å². The van der Waals surface area contributed by atoms with Crippen LogP contribution in [0.5, 0.6) is 5.88 Å². The van der Waals surface area contributed by atoms with E-state index in [0.29, 0.717) is 18.0 Å². The fourth-order valence-electron chi connectivity index (χ4n) is 2.91. The van der Waals surface area contributed by atoms with Gasteiger partial charge in [-0.25, -0.2) is 9.97 Å². The normalized spacial score (nSPS) is 15.4. The third kappa shape index (κ3) is 5.21. The maximum Gasteiger partial charge on any atom is 0.254 e. The maximum atomic E-state index is 13.2. The van der Waals surface area contributed by atoms with Crippen LogP contribution in [0.4, 0.5) is 0 Å². The van der Waals surface area contributed by atoms with Crippen molar-refractivity contribution in [2.75, 3.05) is 21.2 Å². The first-order valence-electron chi connectivity index (χ1n) is 9.16. The molecule has 1 saturated carbocycles. The minimum absolute atomic E-state index is 0.0411. The Kier molecular flexibility index (Phi) is 6.46. The summed E-state index contributed by atoms with van der Waals surface area (Å²) in [6.45, 7) is 8.47. The maximum absolute atomic E-state index is 13.2. The number of hydrogen-bond donors (Lipinski definition) is 2. The van der Waals surface area contributed by atoms with E-state index >= 15 is 0 Å². The molecule has 0 bridgehead atoms. The Bertz CT molecular complexity index is 761. The van der Waals surface area contributed by atoms with Gasteiger partial charge in [0, 0.05) is 36.8 Å². The lowest BCUT2D eigenvalue weighted by atomic mass is 10.0. The first-order chi connectivity index (χ1) is 12.7. The number of aromatic nitrogens is 2. The molecular formula is C20H31N5O2. The van der Waals surface area contributed by atoms with Crippen molar-refractivity contribution in [3.63, 3.8) is 0 Å². The quantitative estimate of drug-likeness (QED) is 0.538. The molecule has 1 heterocycles. The lowest BCUT2D eigenvalue weighted by Crippen LogP contribution is -2.36. The van der Waals surface area contributed by atoms with Crippen molar-refractivity contribution in [2.24, 2.45) is 0 Å². The number of methoxy groups -OCH3 is 1. The third-order valence-corrected chi connectivity index (χ3v) is 4.79. The predicted octanol–water partition coefficient (Wildman–Crippen LogP) is 2.37. The van der Waals surface area contributed by atoms with Gasteiger partial charge in [-0.1, -0.05) is 5.57 Å². The molecule has 1 amide bonds. The van der Waals surface area contributed by atoms with Gasteiger partial charge in [0.05, 0.1) is 19.3 Å². The molecule has 0 radical (unpaired) electrons. The number of carbonyl (C=O) groups is 1. The fourth-order valence-corrected chi connectivity index (χ4v) is 2.91. The van der Waals surface area contributed by atoms with Gasteiger partial charge < -0.3 is 20.3 Å². The summed E-state index contributed by atoms with van der Waals surface area (Å²) in [5.74, 6) is 1.34. The largest absolute Gasteiger partial charge is 0.481 e. The average Bonchev–Trinajstić information content (AvgIpc) is 3.36. The summed E-state index contributed by atoms with van der Waals surface area (Å²) >= 11 is 0. The monoisotopic (exact) mass is 373 g/mol. The van der Waals surface area contributed by atoms with Crippen molar-refractivity contribution in [3.05, 3.63) is 40.6 Å². The summed E-state index contributed by atoms with van der Waals surface area (Å²) in [6, 6.07) is 1.74. The second kappa shape index (κ2) is 8.41. The van der Waals surface area contributed by atoms with E-state index in [1.807, 2.05) is 27.8 Å². The summed E-state index contributed by atoms with van der Waals surface area (Å²) in [4.78, 5) is 23.1. The number of carbonyl (C=O) groups excluding carboxylic acids is 1. The lowest BCUT2D eigenvalue weighted by Gasteiger charge is -2.24. The zero-order valence-electron chi connectivity index (χ0n) is 17.4. The number of nitrogens with one attached hydrogen (secondary N) is 2. The van der Waals surface area contributed by atoms with Crippen LogP contribution in [-0.4, -0.2) is 47.5 Å². The molecule has 0 saturated heterocycles. The van der Waals surface area contributed by atoms with E-state index in [-0.39, 0.29) is 11.4 Å². The lowest BCUT2D eigenvalue weighted by molar-refractivity contribution is -0.126. The SMILES string of the molecule is CN/C(NC1(C)CC1)=C(\C)C(C(=O)N(C)Cc1cc(OC)ncn1)=C(C)C. The summed E-state index contributed by atoms with van der Waals surface area (Å²) in [5.41, 5.74) is 3.45. The van der Waals surface area contributed by atoms with Crippen molar-refractivity contribution < 1.29 is 9.53 Å². The number of allylic oxidation sites excluding steroid dienone is 1. The van der Waals surface area contributed by atoms with Crippen LogP contribution in [0.3, 0.4) is 0 Å². The Labute approximate surface area is 161 Å². The van der Waals surface area contributed by atoms with Crippen LogP contribution < -0.4 is 15.4 Å². The van der Waals surface area contributed by atoms with E-state index in [1.165, 1.54) is 6.33 Å². The van der Waals surface area contributed by atoms with Crippen LogP contribution >= 0.6 is 0 Å². The molecule has 0 aromatic carbocycles. The van der Waals surface area contributed by atoms with Crippen molar-refractivity contribution in [3.8, 4) is 5.88 Å². The molecule has 0 unspecified atom stereocenters.